The summed E-state index contributed by atoms with van der Waals surface area (Å²) in [5.41, 5.74) is 2.12. The fraction of sp³-hybridized carbons (Fsp3) is 0.333. The van der Waals surface area contributed by atoms with E-state index in [9.17, 15) is 0 Å². The summed E-state index contributed by atoms with van der Waals surface area (Å²) in [5.74, 6) is 1.73. The van der Waals surface area contributed by atoms with Crippen molar-refractivity contribution in [2.45, 2.75) is 25.6 Å². The van der Waals surface area contributed by atoms with Gasteiger partial charge in [0.1, 0.15) is 0 Å². The van der Waals surface area contributed by atoms with Gasteiger partial charge in [-0.25, -0.2) is 9.67 Å². The first-order valence-electron chi connectivity index (χ1n) is 5.27. The second-order valence-corrected chi connectivity index (χ2v) is 4.26. The van der Waals surface area contributed by atoms with Crippen LogP contribution in [0.5, 0.6) is 0 Å². The second-order valence-electron chi connectivity index (χ2n) is 4.00. The van der Waals surface area contributed by atoms with Gasteiger partial charge in [0.25, 0.3) is 0 Å². The predicted molar refractivity (Wildman–Crippen MR) is 65.0 cm³/mol. The first-order valence-corrected chi connectivity index (χ1v) is 5.81. The molecule has 16 heavy (non-hydrogen) atoms. The van der Waals surface area contributed by atoms with Crippen molar-refractivity contribution in [2.75, 3.05) is 0 Å². The number of hydrogen-bond acceptors (Lipinski definition) is 2. The summed E-state index contributed by atoms with van der Waals surface area (Å²) < 4.78 is 1.78. The third-order valence-corrected chi connectivity index (χ3v) is 2.71. The van der Waals surface area contributed by atoms with Gasteiger partial charge in [-0.05, 0) is 29.7 Å². The zero-order valence-corrected chi connectivity index (χ0v) is 10.1. The maximum atomic E-state index is 5.78. The fourth-order valence-corrected chi connectivity index (χ4v) is 1.61. The van der Waals surface area contributed by atoms with Gasteiger partial charge < -0.3 is 0 Å². The van der Waals surface area contributed by atoms with E-state index in [0.717, 1.165) is 17.1 Å². The summed E-state index contributed by atoms with van der Waals surface area (Å²) in [4.78, 5) is 4.27. The van der Waals surface area contributed by atoms with Gasteiger partial charge in [0, 0.05) is 18.3 Å². The van der Waals surface area contributed by atoms with Crippen molar-refractivity contribution in [3.8, 4) is 5.82 Å². The summed E-state index contributed by atoms with van der Waals surface area (Å²) in [6.07, 6.45) is 3.68. The molecule has 0 aromatic carbocycles. The Kier molecular flexibility index (Phi) is 3.25. The lowest BCUT2D eigenvalue weighted by molar-refractivity contribution is 0.757. The summed E-state index contributed by atoms with van der Waals surface area (Å²) in [5, 5.41) is 4.47. The van der Waals surface area contributed by atoms with E-state index in [1.54, 1.807) is 10.9 Å². The van der Waals surface area contributed by atoms with Crippen molar-refractivity contribution in [3.63, 3.8) is 0 Å². The zero-order valence-electron chi connectivity index (χ0n) is 9.39. The van der Waals surface area contributed by atoms with Gasteiger partial charge in [-0.2, -0.15) is 5.10 Å². The van der Waals surface area contributed by atoms with Gasteiger partial charge in [0.2, 0.25) is 0 Å². The third kappa shape index (κ3) is 2.25. The molecule has 0 fully saturated rings. The molecule has 0 atom stereocenters. The van der Waals surface area contributed by atoms with Crippen LogP contribution < -0.4 is 0 Å². The molecule has 0 aliphatic carbocycles. The Balaban J connectivity index is 2.34. The van der Waals surface area contributed by atoms with Crippen molar-refractivity contribution in [2.24, 2.45) is 0 Å². The van der Waals surface area contributed by atoms with E-state index in [2.05, 4.69) is 23.9 Å². The maximum absolute atomic E-state index is 5.78. The average Bonchev–Trinajstić information content (AvgIpc) is 2.78. The van der Waals surface area contributed by atoms with Crippen LogP contribution in [-0.2, 0) is 5.88 Å². The maximum Gasteiger partial charge on any atom is 0.153 e. The van der Waals surface area contributed by atoms with E-state index in [1.807, 2.05) is 24.4 Å². The van der Waals surface area contributed by atoms with Crippen molar-refractivity contribution >= 4 is 11.6 Å². The molecule has 3 nitrogen and oxygen atoms in total. The summed E-state index contributed by atoms with van der Waals surface area (Å²) >= 11 is 5.78. The highest BCUT2D eigenvalue weighted by Crippen LogP contribution is 2.14. The largest absolute Gasteiger partial charge is 0.237 e. The van der Waals surface area contributed by atoms with Crippen LogP contribution in [0.25, 0.3) is 5.82 Å². The molecule has 84 valence electrons. The van der Waals surface area contributed by atoms with E-state index < -0.39 is 0 Å². The van der Waals surface area contributed by atoms with E-state index in [4.69, 9.17) is 11.6 Å². The van der Waals surface area contributed by atoms with Crippen LogP contribution in [0.4, 0.5) is 0 Å². The Labute approximate surface area is 100 Å². The van der Waals surface area contributed by atoms with Gasteiger partial charge >= 0.3 is 0 Å². The van der Waals surface area contributed by atoms with Crippen LogP contribution in [-0.4, -0.2) is 14.8 Å². The smallest absolute Gasteiger partial charge is 0.153 e. The highest BCUT2D eigenvalue weighted by molar-refractivity contribution is 6.17. The van der Waals surface area contributed by atoms with Gasteiger partial charge in [0.15, 0.2) is 5.82 Å². The molecule has 0 bridgehead atoms. The van der Waals surface area contributed by atoms with Crippen LogP contribution in [0.3, 0.4) is 0 Å². The molecule has 0 spiro atoms. The molecule has 2 rings (SSSR count). The Morgan fingerprint density at radius 1 is 1.38 bits per heavy atom. The zero-order chi connectivity index (χ0) is 11.5. The van der Waals surface area contributed by atoms with Crippen LogP contribution >= 0.6 is 11.6 Å². The molecule has 0 amide bonds. The number of halogens is 1. The van der Waals surface area contributed by atoms with Crippen molar-refractivity contribution in [3.05, 3.63) is 41.9 Å². The Bertz CT molecular complexity index is 477. The minimum Gasteiger partial charge on any atom is -0.237 e. The summed E-state index contributed by atoms with van der Waals surface area (Å²) in [6, 6.07) is 5.87. The van der Waals surface area contributed by atoms with E-state index in [1.165, 1.54) is 0 Å². The molecule has 0 aliphatic rings. The van der Waals surface area contributed by atoms with E-state index in [-0.39, 0.29) is 0 Å². The molecular weight excluding hydrogens is 222 g/mol. The second kappa shape index (κ2) is 4.66. The van der Waals surface area contributed by atoms with Crippen molar-refractivity contribution < 1.29 is 0 Å². The number of hydrogen-bond donors (Lipinski definition) is 0. The van der Waals surface area contributed by atoms with Gasteiger partial charge in [-0.15, -0.1) is 11.6 Å². The summed E-state index contributed by atoms with van der Waals surface area (Å²) in [7, 11) is 0. The molecule has 0 saturated carbocycles. The standard InChI is InChI=1S/C12H14ClN3/c1-9(2)11-4-6-16(15-11)12-7-10(8-13)3-5-14-12/h3-7,9H,8H2,1-2H3. The van der Waals surface area contributed by atoms with Crippen molar-refractivity contribution in [1.82, 2.24) is 14.8 Å². The van der Waals surface area contributed by atoms with Crippen LogP contribution in [0, 0.1) is 0 Å². The van der Waals surface area contributed by atoms with Gasteiger partial charge in [-0.1, -0.05) is 13.8 Å². The highest BCUT2D eigenvalue weighted by atomic mass is 35.5. The van der Waals surface area contributed by atoms with Gasteiger partial charge in [0.05, 0.1) is 5.69 Å². The predicted octanol–water partition coefficient (Wildman–Crippen LogP) is 3.13. The van der Waals surface area contributed by atoms with Crippen LogP contribution in [0.2, 0.25) is 0 Å². The topological polar surface area (TPSA) is 30.7 Å². The Morgan fingerprint density at radius 2 is 2.19 bits per heavy atom. The first kappa shape index (κ1) is 11.1. The monoisotopic (exact) mass is 235 g/mol. The minimum absolute atomic E-state index is 0.428. The minimum atomic E-state index is 0.428. The molecule has 2 aromatic heterocycles. The molecule has 4 heteroatoms. The van der Waals surface area contributed by atoms with Crippen molar-refractivity contribution in [1.29, 1.82) is 0 Å². The summed E-state index contributed by atoms with van der Waals surface area (Å²) in [6.45, 7) is 4.24. The van der Waals surface area contributed by atoms with Gasteiger partial charge in [-0.3, -0.25) is 0 Å². The lowest BCUT2D eigenvalue weighted by atomic mass is 10.1. The Morgan fingerprint density at radius 3 is 2.81 bits per heavy atom. The SMILES string of the molecule is CC(C)c1ccn(-c2cc(CCl)ccn2)n1. The first-order chi connectivity index (χ1) is 7.70. The average molecular weight is 236 g/mol. The highest BCUT2D eigenvalue weighted by Gasteiger charge is 2.05. The molecule has 0 unspecified atom stereocenters. The van der Waals surface area contributed by atoms with E-state index >= 15 is 0 Å². The van der Waals surface area contributed by atoms with Crippen LogP contribution in [0.15, 0.2) is 30.6 Å². The number of nitrogens with zero attached hydrogens (tertiary/aromatic N) is 3. The normalized spacial score (nSPS) is 11.0. The number of pyridine rings is 1. The molecule has 0 saturated heterocycles. The molecule has 0 radical (unpaired) electrons. The number of alkyl halides is 1. The molecule has 0 aliphatic heterocycles. The molecule has 2 heterocycles. The quantitative estimate of drug-likeness (QED) is 0.766. The third-order valence-electron chi connectivity index (χ3n) is 2.40. The van der Waals surface area contributed by atoms with Crippen LogP contribution in [0.1, 0.15) is 31.0 Å². The lowest BCUT2D eigenvalue weighted by Crippen LogP contribution is -2.00. The molecule has 2 aromatic rings. The lowest BCUT2D eigenvalue weighted by Gasteiger charge is -2.02. The Hall–Kier alpha value is -1.35. The molecule has 0 N–H and O–H groups in total. The fourth-order valence-electron chi connectivity index (χ4n) is 1.44. The molecular formula is C12H14ClN3. The number of rotatable bonds is 3. The number of aromatic nitrogens is 3. The van der Waals surface area contributed by atoms with E-state index in [0.29, 0.717) is 11.8 Å².